The van der Waals surface area contributed by atoms with Gasteiger partial charge in [0.1, 0.15) is 0 Å². The van der Waals surface area contributed by atoms with Crippen molar-refractivity contribution in [3.63, 3.8) is 0 Å². The molecule has 0 bridgehead atoms. The highest BCUT2D eigenvalue weighted by Crippen LogP contribution is 2.18. The topological polar surface area (TPSA) is 89.8 Å². The van der Waals surface area contributed by atoms with Crippen LogP contribution in [0.4, 0.5) is 0 Å². The molecule has 0 fully saturated rings. The summed E-state index contributed by atoms with van der Waals surface area (Å²) in [5, 5.41) is 33.6. The zero-order chi connectivity index (χ0) is 52.2. The van der Waals surface area contributed by atoms with Crippen LogP contribution in [-0.2, 0) is 4.79 Å². The van der Waals surface area contributed by atoms with E-state index in [1.807, 2.05) is 6.08 Å². The van der Waals surface area contributed by atoms with Crippen LogP contribution in [0, 0.1) is 0 Å². The Labute approximate surface area is 451 Å². The van der Waals surface area contributed by atoms with Crippen LogP contribution in [0.5, 0.6) is 0 Å². The van der Waals surface area contributed by atoms with Gasteiger partial charge in [0, 0.05) is 0 Å². The molecular formula is C67H129NO4. The molecule has 0 aromatic carbocycles. The van der Waals surface area contributed by atoms with E-state index in [0.29, 0.717) is 6.42 Å². The molecule has 5 heteroatoms. The van der Waals surface area contributed by atoms with Crippen molar-refractivity contribution >= 4 is 5.91 Å². The summed E-state index contributed by atoms with van der Waals surface area (Å²) in [6.07, 6.45) is 82.3. The second kappa shape index (κ2) is 62.1. The SMILES string of the molecule is CCCCCCCCCCCCCCC/C=C\C/C=C\CCCCCCCCCCCCCCCCCC(O)CC(=O)NC(CO)C(O)/C=C/CCCCCCCCCCCCCCCCCCCCCC. The van der Waals surface area contributed by atoms with Gasteiger partial charge in [0.25, 0.3) is 0 Å². The minimum Gasteiger partial charge on any atom is -0.394 e. The van der Waals surface area contributed by atoms with E-state index in [-0.39, 0.29) is 18.9 Å². The van der Waals surface area contributed by atoms with Crippen molar-refractivity contribution in [2.75, 3.05) is 6.61 Å². The molecule has 4 N–H and O–H groups in total. The number of hydrogen-bond acceptors (Lipinski definition) is 4. The smallest absolute Gasteiger partial charge is 0.222 e. The first kappa shape index (κ1) is 70.6. The van der Waals surface area contributed by atoms with Crippen LogP contribution in [0.3, 0.4) is 0 Å². The van der Waals surface area contributed by atoms with Gasteiger partial charge in [-0.3, -0.25) is 4.79 Å². The summed E-state index contributed by atoms with van der Waals surface area (Å²) in [4.78, 5) is 12.6. The lowest BCUT2D eigenvalue weighted by Crippen LogP contribution is -2.45. The molecule has 1 amide bonds. The first-order valence-corrected chi connectivity index (χ1v) is 32.8. The number of aliphatic hydroxyl groups is 3. The van der Waals surface area contributed by atoms with E-state index >= 15 is 0 Å². The lowest BCUT2D eigenvalue weighted by atomic mass is 10.0. The molecule has 0 aromatic rings. The summed E-state index contributed by atoms with van der Waals surface area (Å²) in [7, 11) is 0. The van der Waals surface area contributed by atoms with Crippen LogP contribution < -0.4 is 5.32 Å². The lowest BCUT2D eigenvalue weighted by molar-refractivity contribution is -0.124. The maximum Gasteiger partial charge on any atom is 0.222 e. The number of carbonyl (C=O) groups excluding carboxylic acids is 1. The average molecular weight is 1010 g/mol. The Kier molecular flexibility index (Phi) is 60.9. The monoisotopic (exact) mass is 1010 g/mol. The third-order valence-electron chi connectivity index (χ3n) is 15.4. The number of allylic oxidation sites excluding steroid dienone is 5. The summed E-state index contributed by atoms with van der Waals surface area (Å²) in [5.41, 5.74) is 0. The molecule has 0 saturated heterocycles. The number of unbranched alkanes of at least 4 members (excludes halogenated alkanes) is 48. The van der Waals surface area contributed by atoms with Gasteiger partial charge in [-0.2, -0.15) is 0 Å². The van der Waals surface area contributed by atoms with Gasteiger partial charge in [-0.1, -0.05) is 339 Å². The molecule has 0 spiro atoms. The minimum absolute atomic E-state index is 0.0156. The number of amides is 1. The van der Waals surface area contributed by atoms with E-state index < -0.39 is 18.2 Å². The second-order valence-corrected chi connectivity index (χ2v) is 22.7. The first-order chi connectivity index (χ1) is 35.5. The number of aliphatic hydroxyl groups excluding tert-OH is 3. The fraction of sp³-hybridized carbons (Fsp3) is 0.896. The standard InChI is InChI=1S/C67H129NO4/c1-3-5-7-9-11-13-15-17-19-21-23-25-27-28-29-30-31-32-33-34-35-36-37-38-39-40-42-44-46-48-50-52-54-56-58-60-64(70)62-67(72)68-65(63-69)66(71)61-59-57-55-53-51-49-47-45-43-41-26-24-22-20-18-16-14-12-10-8-6-4-2/h29-30,32-33,59,61,64-66,69-71H,3-28,31,34-58,60,62-63H2,1-2H3,(H,68,72)/b30-29-,33-32-,61-59+. The van der Waals surface area contributed by atoms with Crippen LogP contribution >= 0.6 is 0 Å². The fourth-order valence-electron chi connectivity index (χ4n) is 10.4. The highest BCUT2D eigenvalue weighted by atomic mass is 16.3. The Bertz CT molecular complexity index is 1120. The molecule has 0 rings (SSSR count). The number of nitrogens with one attached hydrogen (secondary N) is 1. The maximum absolute atomic E-state index is 12.6. The summed E-state index contributed by atoms with van der Waals surface area (Å²) >= 11 is 0. The van der Waals surface area contributed by atoms with Crippen molar-refractivity contribution in [3.05, 3.63) is 36.5 Å². The van der Waals surface area contributed by atoms with Crippen LogP contribution in [0.25, 0.3) is 0 Å². The van der Waals surface area contributed by atoms with Crippen molar-refractivity contribution in [1.29, 1.82) is 0 Å². The highest BCUT2D eigenvalue weighted by Gasteiger charge is 2.20. The van der Waals surface area contributed by atoms with Gasteiger partial charge in [-0.05, 0) is 51.4 Å². The maximum atomic E-state index is 12.6. The van der Waals surface area contributed by atoms with Gasteiger partial charge < -0.3 is 20.6 Å². The van der Waals surface area contributed by atoms with Crippen LogP contribution in [0.1, 0.15) is 361 Å². The second-order valence-electron chi connectivity index (χ2n) is 22.7. The quantitative estimate of drug-likeness (QED) is 0.0361. The summed E-state index contributed by atoms with van der Waals surface area (Å²) < 4.78 is 0. The van der Waals surface area contributed by atoms with Crippen molar-refractivity contribution < 1.29 is 20.1 Å². The fourth-order valence-corrected chi connectivity index (χ4v) is 10.4. The molecule has 0 aromatic heterocycles. The Hall–Kier alpha value is -1.43. The van der Waals surface area contributed by atoms with E-state index in [4.69, 9.17) is 0 Å². The zero-order valence-electron chi connectivity index (χ0n) is 48.8. The summed E-state index contributed by atoms with van der Waals surface area (Å²) in [6, 6.07) is -0.745. The number of rotatable bonds is 61. The molecule has 5 nitrogen and oxygen atoms in total. The van der Waals surface area contributed by atoms with E-state index in [2.05, 4.69) is 43.5 Å². The van der Waals surface area contributed by atoms with Crippen LogP contribution in [0.15, 0.2) is 36.5 Å². The van der Waals surface area contributed by atoms with E-state index in [0.717, 1.165) is 32.1 Å². The van der Waals surface area contributed by atoms with E-state index in [1.54, 1.807) is 6.08 Å². The molecular weight excluding hydrogens is 883 g/mol. The van der Waals surface area contributed by atoms with Crippen molar-refractivity contribution in [3.8, 4) is 0 Å². The van der Waals surface area contributed by atoms with Crippen LogP contribution in [-0.4, -0.2) is 46.1 Å². The first-order valence-electron chi connectivity index (χ1n) is 32.8. The Morgan fingerprint density at radius 1 is 0.361 bits per heavy atom. The third kappa shape index (κ3) is 57.8. The minimum atomic E-state index is -0.930. The predicted molar refractivity (Wildman–Crippen MR) is 319 cm³/mol. The summed E-state index contributed by atoms with van der Waals surface area (Å²) in [5.74, 6) is -0.310. The zero-order valence-corrected chi connectivity index (χ0v) is 48.8. The Morgan fingerprint density at radius 3 is 0.917 bits per heavy atom. The largest absolute Gasteiger partial charge is 0.394 e. The number of carbonyl (C=O) groups is 1. The predicted octanol–water partition coefficient (Wildman–Crippen LogP) is 21.0. The Morgan fingerprint density at radius 2 is 0.625 bits per heavy atom. The molecule has 0 aliphatic heterocycles. The van der Waals surface area contributed by atoms with Crippen molar-refractivity contribution in [1.82, 2.24) is 5.32 Å². The van der Waals surface area contributed by atoms with Gasteiger partial charge in [-0.25, -0.2) is 0 Å². The molecule has 0 radical (unpaired) electrons. The molecule has 3 atom stereocenters. The van der Waals surface area contributed by atoms with Gasteiger partial charge in [-0.15, -0.1) is 0 Å². The molecule has 426 valence electrons. The average Bonchev–Trinajstić information content (AvgIpc) is 3.38. The van der Waals surface area contributed by atoms with Crippen molar-refractivity contribution in [2.45, 2.75) is 379 Å². The van der Waals surface area contributed by atoms with E-state index in [9.17, 15) is 20.1 Å². The molecule has 0 saturated carbocycles. The third-order valence-corrected chi connectivity index (χ3v) is 15.4. The molecule has 0 aliphatic rings. The summed E-state index contributed by atoms with van der Waals surface area (Å²) in [6.45, 7) is 4.26. The van der Waals surface area contributed by atoms with E-state index in [1.165, 1.54) is 302 Å². The van der Waals surface area contributed by atoms with Crippen LogP contribution in [0.2, 0.25) is 0 Å². The highest BCUT2D eigenvalue weighted by molar-refractivity contribution is 5.76. The molecule has 0 heterocycles. The lowest BCUT2D eigenvalue weighted by Gasteiger charge is -2.21. The molecule has 72 heavy (non-hydrogen) atoms. The van der Waals surface area contributed by atoms with Gasteiger partial charge >= 0.3 is 0 Å². The molecule has 3 unspecified atom stereocenters. The van der Waals surface area contributed by atoms with Gasteiger partial charge in [0.05, 0.1) is 31.3 Å². The Balaban J connectivity index is 3.51. The normalized spacial score (nSPS) is 13.3. The van der Waals surface area contributed by atoms with Crippen molar-refractivity contribution in [2.24, 2.45) is 0 Å². The van der Waals surface area contributed by atoms with Gasteiger partial charge in [0.15, 0.2) is 0 Å². The molecule has 0 aliphatic carbocycles. The van der Waals surface area contributed by atoms with Gasteiger partial charge in [0.2, 0.25) is 5.91 Å². The number of hydrogen-bond donors (Lipinski definition) is 4.